The van der Waals surface area contributed by atoms with Crippen LogP contribution in [0.2, 0.25) is 0 Å². The maximum absolute atomic E-state index is 12.9. The number of aliphatic hydroxyl groups excluding tert-OH is 1. The van der Waals surface area contributed by atoms with Gasteiger partial charge in [-0.25, -0.2) is 0 Å². The Morgan fingerprint density at radius 3 is 2.42 bits per heavy atom. The van der Waals surface area contributed by atoms with Crippen LogP contribution < -0.4 is 10.6 Å². The van der Waals surface area contributed by atoms with Crippen LogP contribution >= 0.6 is 0 Å². The second kappa shape index (κ2) is 16.5. The molecule has 0 fully saturated rings. The fourth-order valence-corrected chi connectivity index (χ4v) is 2.65. The molecule has 0 saturated carbocycles. The number of carbonyl (C=O) groups excluding carboxylic acids is 3. The Morgan fingerprint density at radius 1 is 1.13 bits per heavy atom. The molecule has 8 nitrogen and oxygen atoms in total. The first kappa shape index (κ1) is 28.8. The Labute approximate surface area is 186 Å². The van der Waals surface area contributed by atoms with Gasteiger partial charge in [0, 0.05) is 19.4 Å². The SMILES string of the molecule is C=CCCCC(=O)OC[C@@H](NC(=O)[C@H](CC=C)CC(=O)NCCOCCO)C(C)(C)C. The molecular weight excluding hydrogens is 400 g/mol. The van der Waals surface area contributed by atoms with Crippen molar-refractivity contribution in [3.05, 3.63) is 25.3 Å². The van der Waals surface area contributed by atoms with E-state index in [1.165, 1.54) is 0 Å². The molecule has 0 aliphatic carbocycles. The minimum absolute atomic E-state index is 0.00998. The van der Waals surface area contributed by atoms with Crippen molar-refractivity contribution < 1.29 is 29.0 Å². The zero-order valence-electron chi connectivity index (χ0n) is 19.3. The van der Waals surface area contributed by atoms with Crippen LogP contribution in [0.4, 0.5) is 0 Å². The number of hydrogen-bond acceptors (Lipinski definition) is 6. The summed E-state index contributed by atoms with van der Waals surface area (Å²) in [5.41, 5.74) is -0.345. The molecule has 178 valence electrons. The number of allylic oxidation sites excluding steroid dienone is 2. The Kier molecular flexibility index (Phi) is 15.3. The molecule has 0 radical (unpaired) electrons. The molecule has 0 unspecified atom stereocenters. The van der Waals surface area contributed by atoms with Gasteiger partial charge in [0.25, 0.3) is 0 Å². The fourth-order valence-electron chi connectivity index (χ4n) is 2.65. The van der Waals surface area contributed by atoms with Crippen LogP contribution in [0.25, 0.3) is 0 Å². The van der Waals surface area contributed by atoms with Gasteiger partial charge in [-0.3, -0.25) is 14.4 Å². The highest BCUT2D eigenvalue weighted by Gasteiger charge is 2.30. The number of hydrogen-bond donors (Lipinski definition) is 3. The van der Waals surface area contributed by atoms with Gasteiger partial charge in [0.05, 0.1) is 31.8 Å². The summed E-state index contributed by atoms with van der Waals surface area (Å²) in [6.45, 7) is 13.9. The van der Waals surface area contributed by atoms with E-state index in [9.17, 15) is 14.4 Å². The van der Waals surface area contributed by atoms with Gasteiger partial charge in [0.15, 0.2) is 0 Å². The van der Waals surface area contributed by atoms with Gasteiger partial charge in [-0.15, -0.1) is 13.2 Å². The first-order valence-electron chi connectivity index (χ1n) is 10.8. The lowest BCUT2D eigenvalue weighted by Crippen LogP contribution is -2.49. The molecule has 0 saturated heterocycles. The first-order chi connectivity index (χ1) is 14.6. The Balaban J connectivity index is 4.77. The average molecular weight is 441 g/mol. The Hall–Kier alpha value is -2.19. The average Bonchev–Trinajstić information content (AvgIpc) is 2.69. The third kappa shape index (κ3) is 14.4. The molecular formula is C23H40N2O6. The van der Waals surface area contributed by atoms with Crippen LogP contribution in [0, 0.1) is 11.3 Å². The van der Waals surface area contributed by atoms with Gasteiger partial charge in [0.2, 0.25) is 11.8 Å². The van der Waals surface area contributed by atoms with E-state index in [1.807, 2.05) is 20.8 Å². The molecule has 2 amide bonds. The van der Waals surface area contributed by atoms with Crippen LogP contribution in [-0.4, -0.2) is 61.9 Å². The number of unbranched alkanes of at least 4 members (excludes halogenated alkanes) is 1. The van der Waals surface area contributed by atoms with Crippen molar-refractivity contribution in [2.45, 2.75) is 58.9 Å². The van der Waals surface area contributed by atoms with Crippen molar-refractivity contribution in [1.82, 2.24) is 10.6 Å². The van der Waals surface area contributed by atoms with E-state index in [2.05, 4.69) is 23.8 Å². The van der Waals surface area contributed by atoms with Crippen molar-refractivity contribution in [2.24, 2.45) is 11.3 Å². The van der Waals surface area contributed by atoms with E-state index in [0.717, 1.165) is 6.42 Å². The molecule has 0 bridgehead atoms. The van der Waals surface area contributed by atoms with Crippen molar-refractivity contribution in [1.29, 1.82) is 0 Å². The summed E-state index contributed by atoms with van der Waals surface area (Å²) in [5.74, 6) is -1.44. The number of aliphatic hydroxyl groups is 1. The maximum atomic E-state index is 12.9. The maximum Gasteiger partial charge on any atom is 0.305 e. The van der Waals surface area contributed by atoms with Crippen LogP contribution in [0.5, 0.6) is 0 Å². The predicted octanol–water partition coefficient (Wildman–Crippen LogP) is 2.12. The summed E-state index contributed by atoms with van der Waals surface area (Å²) in [6, 6.07) is -0.398. The van der Waals surface area contributed by atoms with Crippen LogP contribution in [0.1, 0.15) is 52.9 Å². The van der Waals surface area contributed by atoms with Crippen molar-refractivity contribution in [2.75, 3.05) is 33.0 Å². The molecule has 31 heavy (non-hydrogen) atoms. The number of amides is 2. The van der Waals surface area contributed by atoms with Crippen LogP contribution in [-0.2, 0) is 23.9 Å². The highest BCUT2D eigenvalue weighted by molar-refractivity contribution is 5.86. The lowest BCUT2D eigenvalue weighted by atomic mass is 9.86. The minimum atomic E-state index is -0.580. The molecule has 0 aliphatic heterocycles. The van der Waals surface area contributed by atoms with Gasteiger partial charge < -0.3 is 25.2 Å². The minimum Gasteiger partial charge on any atom is -0.463 e. The molecule has 0 spiro atoms. The summed E-state index contributed by atoms with van der Waals surface area (Å²) in [6.07, 6.45) is 5.44. The van der Waals surface area contributed by atoms with Gasteiger partial charge in [-0.05, 0) is 24.7 Å². The standard InChI is InChI=1S/C23H40N2O6/c1-6-8-9-11-21(28)31-17-19(23(3,4)5)25-22(29)18(10-7-2)16-20(27)24-12-14-30-15-13-26/h6-7,18-19,26H,1-2,8-17H2,3-5H3,(H,24,27)(H,25,29)/t18-,19-/m1/s1. The van der Waals surface area contributed by atoms with Gasteiger partial charge in [-0.2, -0.15) is 0 Å². The lowest BCUT2D eigenvalue weighted by molar-refractivity contribution is -0.146. The summed E-state index contributed by atoms with van der Waals surface area (Å²) in [7, 11) is 0. The number of nitrogens with one attached hydrogen (secondary N) is 2. The van der Waals surface area contributed by atoms with E-state index in [4.69, 9.17) is 14.6 Å². The van der Waals surface area contributed by atoms with Gasteiger partial charge in [0.1, 0.15) is 6.61 Å². The topological polar surface area (TPSA) is 114 Å². The zero-order chi connectivity index (χ0) is 23.7. The summed E-state index contributed by atoms with van der Waals surface area (Å²) < 4.78 is 10.5. The van der Waals surface area contributed by atoms with Crippen molar-refractivity contribution >= 4 is 17.8 Å². The molecule has 8 heteroatoms. The van der Waals surface area contributed by atoms with E-state index in [0.29, 0.717) is 25.8 Å². The highest BCUT2D eigenvalue weighted by Crippen LogP contribution is 2.21. The van der Waals surface area contributed by atoms with E-state index >= 15 is 0 Å². The third-order valence-corrected chi connectivity index (χ3v) is 4.62. The first-order valence-corrected chi connectivity index (χ1v) is 10.8. The summed E-state index contributed by atoms with van der Waals surface area (Å²) in [5, 5.41) is 14.3. The normalized spacial score (nSPS) is 13.0. The Morgan fingerprint density at radius 2 is 1.84 bits per heavy atom. The molecule has 0 aromatic heterocycles. The molecule has 0 rings (SSSR count). The van der Waals surface area contributed by atoms with Crippen molar-refractivity contribution in [3.63, 3.8) is 0 Å². The molecule has 0 heterocycles. The highest BCUT2D eigenvalue weighted by atomic mass is 16.5. The largest absolute Gasteiger partial charge is 0.463 e. The number of ether oxygens (including phenoxy) is 2. The van der Waals surface area contributed by atoms with E-state index in [1.54, 1.807) is 12.2 Å². The molecule has 3 N–H and O–H groups in total. The second-order valence-corrected chi connectivity index (χ2v) is 8.40. The van der Waals surface area contributed by atoms with Crippen LogP contribution in [0.15, 0.2) is 25.3 Å². The summed E-state index contributed by atoms with van der Waals surface area (Å²) in [4.78, 5) is 37.0. The predicted molar refractivity (Wildman–Crippen MR) is 120 cm³/mol. The summed E-state index contributed by atoms with van der Waals surface area (Å²) >= 11 is 0. The second-order valence-electron chi connectivity index (χ2n) is 8.40. The Bertz CT molecular complexity index is 571. The molecule has 2 atom stereocenters. The smallest absolute Gasteiger partial charge is 0.305 e. The number of rotatable bonds is 17. The van der Waals surface area contributed by atoms with Gasteiger partial charge >= 0.3 is 5.97 Å². The zero-order valence-corrected chi connectivity index (χ0v) is 19.3. The third-order valence-electron chi connectivity index (χ3n) is 4.62. The van der Waals surface area contributed by atoms with Crippen molar-refractivity contribution in [3.8, 4) is 0 Å². The quantitative estimate of drug-likeness (QED) is 0.181. The van der Waals surface area contributed by atoms with Gasteiger partial charge in [-0.1, -0.05) is 32.9 Å². The van der Waals surface area contributed by atoms with Crippen LogP contribution in [0.3, 0.4) is 0 Å². The molecule has 0 aromatic carbocycles. The van der Waals surface area contributed by atoms with E-state index < -0.39 is 12.0 Å². The fraction of sp³-hybridized carbons (Fsp3) is 0.696. The number of carbonyl (C=O) groups is 3. The lowest BCUT2D eigenvalue weighted by Gasteiger charge is -2.32. The number of esters is 1. The molecule has 0 aliphatic rings. The molecule has 0 aromatic rings. The van der Waals surface area contributed by atoms with E-state index in [-0.39, 0.29) is 56.0 Å². The monoisotopic (exact) mass is 440 g/mol.